The van der Waals surface area contributed by atoms with E-state index in [4.69, 9.17) is 10.5 Å². The summed E-state index contributed by atoms with van der Waals surface area (Å²) in [6, 6.07) is 6.16. The Morgan fingerprint density at radius 1 is 1.30 bits per heavy atom. The van der Waals surface area contributed by atoms with Crippen molar-refractivity contribution in [2.24, 2.45) is 12.8 Å². The van der Waals surface area contributed by atoms with Crippen molar-refractivity contribution in [3.63, 3.8) is 0 Å². The van der Waals surface area contributed by atoms with Gasteiger partial charge >= 0.3 is 0 Å². The van der Waals surface area contributed by atoms with Gasteiger partial charge in [0.2, 0.25) is 10.0 Å². The first-order valence-corrected chi connectivity index (χ1v) is 8.50. The number of benzene rings is 1. The van der Waals surface area contributed by atoms with Gasteiger partial charge in [0.15, 0.2) is 5.82 Å². The molecule has 1 aromatic heterocycles. The summed E-state index contributed by atoms with van der Waals surface area (Å²) >= 11 is 0. The third kappa shape index (κ3) is 5.02. The fourth-order valence-corrected chi connectivity index (χ4v) is 2.90. The molecule has 1 heterocycles. The van der Waals surface area contributed by atoms with Gasteiger partial charge in [0.25, 0.3) is 0 Å². The van der Waals surface area contributed by atoms with Crippen LogP contribution in [0.2, 0.25) is 0 Å². The number of rotatable bonds is 7. The van der Waals surface area contributed by atoms with E-state index < -0.39 is 15.6 Å². The maximum atomic E-state index is 12.2. The summed E-state index contributed by atoms with van der Waals surface area (Å²) in [5, 5.41) is 3.94. The highest BCUT2D eigenvalue weighted by Gasteiger charge is 2.18. The molecule has 0 atom stereocenters. The Hall–Kier alpha value is -1.97. The zero-order valence-corrected chi connectivity index (χ0v) is 14.2. The van der Waals surface area contributed by atoms with Crippen LogP contribution in [0.4, 0.5) is 0 Å². The van der Waals surface area contributed by atoms with Gasteiger partial charge < -0.3 is 10.5 Å². The van der Waals surface area contributed by atoms with E-state index in [1.807, 2.05) is 0 Å². The Bertz CT molecular complexity index is 747. The van der Waals surface area contributed by atoms with E-state index in [9.17, 15) is 8.42 Å². The fraction of sp³-hybridized carbons (Fsp3) is 0.429. The molecule has 0 radical (unpaired) electrons. The predicted molar refractivity (Wildman–Crippen MR) is 85.2 cm³/mol. The van der Waals surface area contributed by atoms with Crippen LogP contribution in [-0.2, 0) is 23.7 Å². The van der Waals surface area contributed by atoms with Crippen LogP contribution < -0.4 is 15.2 Å². The van der Waals surface area contributed by atoms with E-state index in [0.29, 0.717) is 11.6 Å². The molecule has 0 amide bonds. The van der Waals surface area contributed by atoms with E-state index in [-0.39, 0.29) is 18.0 Å². The Labute approximate surface area is 135 Å². The average Bonchev–Trinajstić information content (AvgIpc) is 2.88. The van der Waals surface area contributed by atoms with Crippen molar-refractivity contribution in [2.75, 3.05) is 6.54 Å². The second-order valence-electron chi connectivity index (χ2n) is 5.87. The van der Waals surface area contributed by atoms with Crippen LogP contribution in [0.1, 0.15) is 19.7 Å². The summed E-state index contributed by atoms with van der Waals surface area (Å²) in [7, 11) is -1.82. The molecule has 0 aliphatic rings. The molecule has 3 N–H and O–H groups in total. The molecule has 0 aliphatic carbocycles. The molecule has 0 spiro atoms. The van der Waals surface area contributed by atoms with Crippen molar-refractivity contribution in [2.45, 2.75) is 30.9 Å². The van der Waals surface area contributed by atoms with E-state index >= 15 is 0 Å². The standard InChI is InChI=1S/C14H21N5O3S/c1-14(2,15)9-18-23(20,21)12-6-4-11(5-7-12)22-8-13-16-10-17-19(13)3/h4-7,10,18H,8-9,15H2,1-3H3. The minimum Gasteiger partial charge on any atom is -0.486 e. The predicted octanol–water partition coefficient (Wildman–Crippen LogP) is 0.410. The minimum absolute atomic E-state index is 0.153. The quantitative estimate of drug-likeness (QED) is 0.755. The number of hydrogen-bond donors (Lipinski definition) is 2. The van der Waals surface area contributed by atoms with Crippen molar-refractivity contribution in [1.82, 2.24) is 19.5 Å². The molecule has 0 aliphatic heterocycles. The second kappa shape index (κ2) is 6.65. The number of sulfonamides is 1. The average molecular weight is 339 g/mol. The van der Waals surface area contributed by atoms with Crippen LogP contribution in [0.5, 0.6) is 5.75 Å². The molecule has 0 saturated heterocycles. The maximum Gasteiger partial charge on any atom is 0.240 e. The van der Waals surface area contributed by atoms with Crippen molar-refractivity contribution in [3.05, 3.63) is 36.4 Å². The van der Waals surface area contributed by atoms with E-state index in [1.165, 1.54) is 18.5 Å². The van der Waals surface area contributed by atoms with Gasteiger partial charge in [-0.05, 0) is 38.1 Å². The van der Waals surface area contributed by atoms with Crippen LogP contribution in [0.25, 0.3) is 0 Å². The van der Waals surface area contributed by atoms with Crippen LogP contribution in [0, 0.1) is 0 Å². The lowest BCUT2D eigenvalue weighted by Crippen LogP contribution is -2.45. The molecule has 0 saturated carbocycles. The molecule has 0 bridgehead atoms. The van der Waals surface area contributed by atoms with Gasteiger partial charge in [-0.2, -0.15) is 5.10 Å². The molecule has 9 heteroatoms. The Morgan fingerprint density at radius 2 is 1.96 bits per heavy atom. The minimum atomic E-state index is -3.59. The highest BCUT2D eigenvalue weighted by atomic mass is 32.2. The Balaban J connectivity index is 2.00. The summed E-state index contributed by atoms with van der Waals surface area (Å²) in [6.07, 6.45) is 1.44. The molecule has 1 aromatic carbocycles. The lowest BCUT2D eigenvalue weighted by molar-refractivity contribution is 0.289. The van der Waals surface area contributed by atoms with Crippen molar-refractivity contribution in [3.8, 4) is 5.75 Å². The highest BCUT2D eigenvalue weighted by molar-refractivity contribution is 7.89. The van der Waals surface area contributed by atoms with Gasteiger partial charge in [-0.15, -0.1) is 0 Å². The molecule has 0 unspecified atom stereocenters. The summed E-state index contributed by atoms with van der Waals surface area (Å²) in [5.41, 5.74) is 5.16. The normalized spacial score (nSPS) is 12.3. The lowest BCUT2D eigenvalue weighted by Gasteiger charge is -2.19. The van der Waals surface area contributed by atoms with Crippen LogP contribution in [0.15, 0.2) is 35.5 Å². The smallest absolute Gasteiger partial charge is 0.240 e. The molecule has 126 valence electrons. The first kappa shape index (κ1) is 17.4. The van der Waals surface area contributed by atoms with Gasteiger partial charge in [0, 0.05) is 19.1 Å². The molecular formula is C14H21N5O3S. The van der Waals surface area contributed by atoms with Crippen molar-refractivity contribution in [1.29, 1.82) is 0 Å². The lowest BCUT2D eigenvalue weighted by atomic mass is 10.1. The topological polar surface area (TPSA) is 112 Å². The molecular weight excluding hydrogens is 318 g/mol. The molecule has 2 aromatic rings. The molecule has 23 heavy (non-hydrogen) atoms. The number of nitrogens with zero attached hydrogens (tertiary/aromatic N) is 3. The number of ether oxygens (including phenoxy) is 1. The first-order chi connectivity index (χ1) is 10.7. The van der Waals surface area contributed by atoms with Gasteiger partial charge in [-0.1, -0.05) is 0 Å². The number of nitrogens with two attached hydrogens (primary N) is 1. The summed E-state index contributed by atoms with van der Waals surface area (Å²) in [6.45, 7) is 3.90. The van der Waals surface area contributed by atoms with Crippen LogP contribution in [0.3, 0.4) is 0 Å². The van der Waals surface area contributed by atoms with Gasteiger partial charge in [0.1, 0.15) is 18.7 Å². The molecule has 2 rings (SSSR count). The van der Waals surface area contributed by atoms with E-state index in [2.05, 4.69) is 14.8 Å². The number of hydrogen-bond acceptors (Lipinski definition) is 6. The fourth-order valence-electron chi connectivity index (χ4n) is 1.68. The zero-order chi connectivity index (χ0) is 17.1. The largest absolute Gasteiger partial charge is 0.486 e. The van der Waals surface area contributed by atoms with Crippen LogP contribution >= 0.6 is 0 Å². The second-order valence-corrected chi connectivity index (χ2v) is 7.64. The number of nitrogens with one attached hydrogen (secondary N) is 1. The van der Waals surface area contributed by atoms with Gasteiger partial charge in [0.05, 0.1) is 4.90 Å². The van der Waals surface area contributed by atoms with E-state index in [1.54, 1.807) is 37.7 Å². The molecule has 0 fully saturated rings. The van der Waals surface area contributed by atoms with Crippen molar-refractivity contribution < 1.29 is 13.2 Å². The van der Waals surface area contributed by atoms with Gasteiger partial charge in [-0.25, -0.2) is 18.1 Å². The Kier molecular flexibility index (Phi) is 5.03. The van der Waals surface area contributed by atoms with Crippen LogP contribution in [-0.4, -0.2) is 35.3 Å². The summed E-state index contributed by atoms with van der Waals surface area (Å²) < 4.78 is 33.9. The zero-order valence-electron chi connectivity index (χ0n) is 13.4. The third-order valence-corrected chi connectivity index (χ3v) is 4.44. The highest BCUT2D eigenvalue weighted by Crippen LogP contribution is 2.17. The monoisotopic (exact) mass is 339 g/mol. The van der Waals surface area contributed by atoms with Crippen molar-refractivity contribution >= 4 is 10.0 Å². The maximum absolute atomic E-state index is 12.2. The van der Waals surface area contributed by atoms with Gasteiger partial charge in [-0.3, -0.25) is 4.68 Å². The third-order valence-electron chi connectivity index (χ3n) is 3.02. The van der Waals surface area contributed by atoms with E-state index in [0.717, 1.165) is 0 Å². The Morgan fingerprint density at radius 3 is 2.48 bits per heavy atom. The molecule has 8 nitrogen and oxygen atoms in total. The summed E-state index contributed by atoms with van der Waals surface area (Å²) in [5.74, 6) is 1.22. The number of aromatic nitrogens is 3. The SMILES string of the molecule is Cn1ncnc1COc1ccc(S(=O)(=O)NCC(C)(C)N)cc1. The number of aryl methyl sites for hydroxylation is 1. The first-order valence-electron chi connectivity index (χ1n) is 7.02. The summed E-state index contributed by atoms with van der Waals surface area (Å²) in [4.78, 5) is 4.20.